The Hall–Kier alpha value is -2.34. The summed E-state index contributed by atoms with van der Waals surface area (Å²) in [6.07, 6.45) is 2.37. The Bertz CT molecular complexity index is 1000. The third kappa shape index (κ3) is 3.12. The number of amides is 1. The van der Waals surface area contributed by atoms with Crippen LogP contribution in [0.3, 0.4) is 0 Å². The van der Waals surface area contributed by atoms with Gasteiger partial charge in [0.25, 0.3) is 5.91 Å². The summed E-state index contributed by atoms with van der Waals surface area (Å²) in [4.78, 5) is 15.1. The van der Waals surface area contributed by atoms with Gasteiger partial charge in [-0.25, -0.2) is 8.42 Å². The van der Waals surface area contributed by atoms with E-state index in [4.69, 9.17) is 0 Å². The number of carbonyl (C=O) groups is 1. The van der Waals surface area contributed by atoms with Crippen molar-refractivity contribution in [3.05, 3.63) is 59.2 Å². The van der Waals surface area contributed by atoms with E-state index in [1.807, 2.05) is 43.0 Å². The number of nitrogens with zero attached hydrogens (tertiary/aromatic N) is 2. The molecule has 0 bridgehead atoms. The molecule has 0 spiro atoms. The molecule has 2 aromatic rings. The number of hydrogen-bond donors (Lipinski definition) is 0. The average molecular weight is 385 g/mol. The van der Waals surface area contributed by atoms with Crippen molar-refractivity contribution < 1.29 is 13.2 Å². The van der Waals surface area contributed by atoms with Crippen LogP contribution in [-0.4, -0.2) is 32.7 Å². The fourth-order valence-corrected chi connectivity index (χ4v) is 5.78. The van der Waals surface area contributed by atoms with Crippen LogP contribution in [0, 0.1) is 6.92 Å². The highest BCUT2D eigenvalue weighted by Gasteiger charge is 2.32. The van der Waals surface area contributed by atoms with Crippen molar-refractivity contribution in [2.24, 2.45) is 0 Å². The lowest BCUT2D eigenvalue weighted by molar-refractivity contribution is 0.0981. The SMILES string of the molecule is Cc1ccc(C(=O)N2c3ccccc3C[C@H]2C)cc1N1CCCCS1(=O)=O. The van der Waals surface area contributed by atoms with Gasteiger partial charge in [-0.05, 0) is 62.4 Å². The summed E-state index contributed by atoms with van der Waals surface area (Å²) in [6, 6.07) is 13.4. The second-order valence-electron chi connectivity index (χ2n) is 7.45. The lowest BCUT2D eigenvalue weighted by atomic mass is 10.1. The molecular formula is C21H24N2O3S. The van der Waals surface area contributed by atoms with Gasteiger partial charge >= 0.3 is 0 Å². The van der Waals surface area contributed by atoms with Gasteiger partial charge < -0.3 is 4.90 Å². The Morgan fingerprint density at radius 2 is 1.85 bits per heavy atom. The quantitative estimate of drug-likeness (QED) is 0.796. The van der Waals surface area contributed by atoms with E-state index in [0.717, 1.165) is 24.1 Å². The monoisotopic (exact) mass is 384 g/mol. The van der Waals surface area contributed by atoms with Crippen LogP contribution < -0.4 is 9.21 Å². The predicted molar refractivity (Wildman–Crippen MR) is 108 cm³/mol. The molecule has 0 unspecified atom stereocenters. The zero-order chi connectivity index (χ0) is 19.2. The Kier molecular flexibility index (Phi) is 4.46. The first-order chi connectivity index (χ1) is 12.9. The van der Waals surface area contributed by atoms with Gasteiger partial charge in [0.1, 0.15) is 0 Å². The van der Waals surface area contributed by atoms with Crippen LogP contribution in [0.2, 0.25) is 0 Å². The summed E-state index contributed by atoms with van der Waals surface area (Å²) in [6.45, 7) is 4.41. The van der Waals surface area contributed by atoms with E-state index in [1.54, 1.807) is 12.1 Å². The molecule has 1 fully saturated rings. The molecule has 0 aliphatic carbocycles. The lowest BCUT2D eigenvalue weighted by Gasteiger charge is -2.30. The van der Waals surface area contributed by atoms with E-state index in [-0.39, 0.29) is 17.7 Å². The minimum absolute atomic E-state index is 0.0805. The van der Waals surface area contributed by atoms with Gasteiger partial charge in [0.2, 0.25) is 10.0 Å². The molecule has 0 radical (unpaired) electrons. The first-order valence-electron chi connectivity index (χ1n) is 9.41. The third-order valence-electron chi connectivity index (χ3n) is 5.50. The summed E-state index contributed by atoms with van der Waals surface area (Å²) in [7, 11) is -3.31. The molecule has 6 heteroatoms. The molecule has 1 amide bonds. The highest BCUT2D eigenvalue weighted by molar-refractivity contribution is 7.92. The van der Waals surface area contributed by atoms with Crippen LogP contribution in [0.4, 0.5) is 11.4 Å². The standard InChI is InChI=1S/C21H24N2O3S/c1-15-9-10-18(14-20(15)22-11-5-6-12-27(22,25)26)21(24)23-16(2)13-17-7-3-4-8-19(17)23/h3-4,7-10,14,16H,5-6,11-13H2,1-2H3/t16-/m1/s1. The number of para-hydroxylation sites is 1. The zero-order valence-electron chi connectivity index (χ0n) is 15.7. The van der Waals surface area contributed by atoms with Gasteiger partial charge in [-0.2, -0.15) is 0 Å². The molecule has 2 aliphatic heterocycles. The summed E-state index contributed by atoms with van der Waals surface area (Å²) < 4.78 is 26.5. The molecular weight excluding hydrogens is 360 g/mol. The van der Waals surface area contributed by atoms with Gasteiger partial charge in [-0.3, -0.25) is 9.10 Å². The van der Waals surface area contributed by atoms with Crippen molar-refractivity contribution in [1.82, 2.24) is 0 Å². The maximum Gasteiger partial charge on any atom is 0.258 e. The molecule has 27 heavy (non-hydrogen) atoms. The van der Waals surface area contributed by atoms with Crippen molar-refractivity contribution >= 4 is 27.3 Å². The lowest BCUT2D eigenvalue weighted by Crippen LogP contribution is -2.39. The van der Waals surface area contributed by atoms with Crippen LogP contribution in [0.15, 0.2) is 42.5 Å². The van der Waals surface area contributed by atoms with Crippen LogP contribution in [-0.2, 0) is 16.4 Å². The maximum absolute atomic E-state index is 13.3. The number of anilines is 2. The fourth-order valence-electron chi connectivity index (χ4n) is 4.08. The first kappa shape index (κ1) is 18.0. The molecule has 2 heterocycles. The fraction of sp³-hybridized carbons (Fsp3) is 0.381. The molecule has 2 aromatic carbocycles. The summed E-state index contributed by atoms with van der Waals surface area (Å²) in [5.74, 6) is 0.0873. The van der Waals surface area contributed by atoms with E-state index >= 15 is 0 Å². The molecule has 5 nitrogen and oxygen atoms in total. The zero-order valence-corrected chi connectivity index (χ0v) is 16.5. The van der Waals surface area contributed by atoms with E-state index in [0.29, 0.717) is 24.2 Å². The Balaban J connectivity index is 1.72. The molecule has 0 saturated carbocycles. The van der Waals surface area contributed by atoms with E-state index in [2.05, 4.69) is 6.07 Å². The van der Waals surface area contributed by atoms with Gasteiger partial charge in [-0.1, -0.05) is 24.3 Å². The van der Waals surface area contributed by atoms with Crippen molar-refractivity contribution in [1.29, 1.82) is 0 Å². The van der Waals surface area contributed by atoms with Crippen LogP contribution in [0.1, 0.15) is 41.3 Å². The number of fused-ring (bicyclic) bond motifs is 1. The van der Waals surface area contributed by atoms with E-state index in [9.17, 15) is 13.2 Å². The largest absolute Gasteiger partial charge is 0.305 e. The molecule has 2 aliphatic rings. The number of carbonyl (C=O) groups excluding carboxylic acids is 1. The first-order valence-corrected chi connectivity index (χ1v) is 11.0. The average Bonchev–Trinajstić information content (AvgIpc) is 2.97. The van der Waals surface area contributed by atoms with Crippen LogP contribution in [0.5, 0.6) is 0 Å². The Morgan fingerprint density at radius 1 is 1.07 bits per heavy atom. The minimum Gasteiger partial charge on any atom is -0.305 e. The third-order valence-corrected chi connectivity index (χ3v) is 7.36. The number of aryl methyl sites for hydroxylation is 1. The Morgan fingerprint density at radius 3 is 2.63 bits per heavy atom. The predicted octanol–water partition coefficient (Wildman–Crippen LogP) is 3.52. The molecule has 4 rings (SSSR count). The van der Waals surface area contributed by atoms with Crippen molar-refractivity contribution in [2.75, 3.05) is 21.5 Å². The highest BCUT2D eigenvalue weighted by atomic mass is 32.2. The molecule has 142 valence electrons. The topological polar surface area (TPSA) is 57.7 Å². The van der Waals surface area contributed by atoms with E-state index in [1.165, 1.54) is 9.87 Å². The summed E-state index contributed by atoms with van der Waals surface area (Å²) >= 11 is 0. The molecule has 1 atom stereocenters. The second-order valence-corrected chi connectivity index (χ2v) is 9.47. The number of hydrogen-bond acceptors (Lipinski definition) is 3. The highest BCUT2D eigenvalue weighted by Crippen LogP contribution is 2.34. The van der Waals surface area contributed by atoms with Crippen LogP contribution >= 0.6 is 0 Å². The van der Waals surface area contributed by atoms with Gasteiger partial charge in [0.15, 0.2) is 0 Å². The van der Waals surface area contributed by atoms with Crippen molar-refractivity contribution in [2.45, 2.75) is 39.2 Å². The molecule has 0 N–H and O–H groups in total. The summed E-state index contributed by atoms with van der Waals surface area (Å²) in [5, 5.41) is 0. The van der Waals surface area contributed by atoms with Gasteiger partial charge in [-0.15, -0.1) is 0 Å². The summed E-state index contributed by atoms with van der Waals surface area (Å²) in [5.41, 5.74) is 4.14. The normalized spacial score (nSPS) is 21.2. The molecule has 1 saturated heterocycles. The smallest absolute Gasteiger partial charge is 0.258 e. The number of sulfonamides is 1. The van der Waals surface area contributed by atoms with Crippen LogP contribution in [0.25, 0.3) is 0 Å². The van der Waals surface area contributed by atoms with E-state index < -0.39 is 10.0 Å². The van der Waals surface area contributed by atoms with Gasteiger partial charge in [0, 0.05) is 23.8 Å². The van der Waals surface area contributed by atoms with Crippen molar-refractivity contribution in [3.8, 4) is 0 Å². The number of rotatable bonds is 2. The van der Waals surface area contributed by atoms with Gasteiger partial charge in [0.05, 0.1) is 11.4 Å². The minimum atomic E-state index is -3.31. The number of benzene rings is 2. The maximum atomic E-state index is 13.3. The Labute approximate surface area is 160 Å². The van der Waals surface area contributed by atoms with Crippen molar-refractivity contribution in [3.63, 3.8) is 0 Å². The second kappa shape index (κ2) is 6.68. The molecule has 0 aromatic heterocycles.